The molecule has 0 spiro atoms. The van der Waals surface area contributed by atoms with Gasteiger partial charge in [-0.05, 0) is 36.4 Å². The number of halogens is 2. The zero-order valence-electron chi connectivity index (χ0n) is 13.0. The van der Waals surface area contributed by atoms with Crippen molar-refractivity contribution in [2.45, 2.75) is 14.7 Å². The van der Waals surface area contributed by atoms with E-state index >= 15 is 0 Å². The van der Waals surface area contributed by atoms with Crippen LogP contribution in [0.15, 0.2) is 68.5 Å². The van der Waals surface area contributed by atoms with Crippen LogP contribution in [-0.2, 0) is 21.6 Å². The zero-order valence-corrected chi connectivity index (χ0v) is 16.1. The van der Waals surface area contributed by atoms with Crippen molar-refractivity contribution in [3.63, 3.8) is 0 Å². The third-order valence-electron chi connectivity index (χ3n) is 3.37. The van der Waals surface area contributed by atoms with Gasteiger partial charge in [-0.2, -0.15) is 0 Å². The van der Waals surface area contributed by atoms with Gasteiger partial charge in [0.1, 0.15) is 6.34 Å². The fraction of sp³-hybridized carbons (Fsp3) is 0.0625. The van der Waals surface area contributed by atoms with Crippen LogP contribution in [0.2, 0.25) is 10.0 Å². The van der Waals surface area contributed by atoms with E-state index in [-0.39, 0.29) is 10.0 Å². The SMILES string of the molecule is CS(=O)c1ccc(S(=O)c2c(Cl)cc(N3C=NC=CN3)cc2Cl)cc1. The Kier molecular flexibility index (Phi) is 5.58. The van der Waals surface area contributed by atoms with E-state index < -0.39 is 21.6 Å². The van der Waals surface area contributed by atoms with Crippen LogP contribution in [0, 0.1) is 0 Å². The monoisotopic (exact) mass is 413 g/mol. The molecule has 3 rings (SSSR count). The van der Waals surface area contributed by atoms with Crippen LogP contribution in [-0.4, -0.2) is 21.0 Å². The predicted octanol–water partition coefficient (Wildman–Crippen LogP) is 3.72. The van der Waals surface area contributed by atoms with Crippen LogP contribution in [0.25, 0.3) is 0 Å². The Morgan fingerprint density at radius 3 is 2.16 bits per heavy atom. The average Bonchev–Trinajstić information content (AvgIpc) is 2.61. The Labute approximate surface area is 160 Å². The molecule has 1 aliphatic heterocycles. The molecule has 25 heavy (non-hydrogen) atoms. The number of anilines is 1. The van der Waals surface area contributed by atoms with E-state index in [4.69, 9.17) is 23.2 Å². The van der Waals surface area contributed by atoms with E-state index in [2.05, 4.69) is 10.4 Å². The first-order valence-electron chi connectivity index (χ1n) is 7.05. The van der Waals surface area contributed by atoms with Gasteiger partial charge in [-0.25, -0.2) is 14.2 Å². The molecule has 0 bridgehead atoms. The Morgan fingerprint density at radius 1 is 1.04 bits per heavy atom. The third-order valence-corrected chi connectivity index (χ3v) is 6.64. The van der Waals surface area contributed by atoms with Crippen LogP contribution in [0.3, 0.4) is 0 Å². The van der Waals surface area contributed by atoms with Gasteiger partial charge in [0.15, 0.2) is 0 Å². The zero-order chi connectivity index (χ0) is 18.0. The van der Waals surface area contributed by atoms with Crippen molar-refractivity contribution in [1.82, 2.24) is 5.43 Å². The van der Waals surface area contributed by atoms with Crippen molar-refractivity contribution in [3.8, 4) is 0 Å². The molecule has 5 nitrogen and oxygen atoms in total. The van der Waals surface area contributed by atoms with Gasteiger partial charge in [0, 0.05) is 39.2 Å². The lowest BCUT2D eigenvalue weighted by molar-refractivity contribution is 0.682. The smallest absolute Gasteiger partial charge is 0.115 e. The Balaban J connectivity index is 1.94. The molecule has 1 aliphatic rings. The minimum atomic E-state index is -1.55. The average molecular weight is 414 g/mol. The number of hydrogen-bond acceptors (Lipinski definition) is 5. The molecule has 0 amide bonds. The lowest BCUT2D eigenvalue weighted by Gasteiger charge is -2.22. The van der Waals surface area contributed by atoms with Gasteiger partial charge >= 0.3 is 0 Å². The summed E-state index contributed by atoms with van der Waals surface area (Å²) in [6, 6.07) is 10.0. The highest BCUT2D eigenvalue weighted by Gasteiger charge is 2.18. The van der Waals surface area contributed by atoms with Crippen LogP contribution in [0.5, 0.6) is 0 Å². The molecule has 0 saturated carbocycles. The second-order valence-corrected chi connectivity index (χ2v) is 8.62. The van der Waals surface area contributed by atoms with Crippen LogP contribution in [0.1, 0.15) is 0 Å². The van der Waals surface area contributed by atoms with Gasteiger partial charge in [0.2, 0.25) is 0 Å². The maximum absolute atomic E-state index is 12.9. The fourth-order valence-electron chi connectivity index (χ4n) is 2.17. The van der Waals surface area contributed by atoms with E-state index in [9.17, 15) is 8.42 Å². The van der Waals surface area contributed by atoms with Crippen molar-refractivity contribution in [2.24, 2.45) is 4.99 Å². The standard InChI is InChI=1S/C16H13Cl2N3O2S2/c1-24(22)12-2-4-13(5-3-12)25(23)16-14(17)8-11(9-15(16)18)21-10-19-6-7-20-21/h2-10,20H,1H3. The maximum Gasteiger partial charge on any atom is 0.115 e. The normalized spacial score (nSPS) is 15.7. The second kappa shape index (κ2) is 7.70. The molecule has 1 heterocycles. The molecule has 0 aliphatic carbocycles. The number of hydrogen-bond donors (Lipinski definition) is 1. The fourth-order valence-corrected chi connectivity index (χ4v) is 4.68. The van der Waals surface area contributed by atoms with E-state index in [1.807, 2.05) is 0 Å². The van der Waals surface area contributed by atoms with Crippen molar-refractivity contribution >= 4 is 56.8 Å². The van der Waals surface area contributed by atoms with Gasteiger partial charge in [-0.15, -0.1) is 0 Å². The highest BCUT2D eigenvalue weighted by atomic mass is 35.5. The lowest BCUT2D eigenvalue weighted by Crippen LogP contribution is -2.34. The molecule has 2 atom stereocenters. The Hall–Kier alpha value is -1.67. The molecule has 0 radical (unpaired) electrons. The molecule has 0 saturated heterocycles. The minimum Gasteiger partial charge on any atom is -0.299 e. The van der Waals surface area contributed by atoms with Crippen LogP contribution >= 0.6 is 23.2 Å². The van der Waals surface area contributed by atoms with Crippen molar-refractivity contribution in [3.05, 3.63) is 58.8 Å². The second-order valence-electron chi connectivity index (χ2n) is 5.01. The highest BCUT2D eigenvalue weighted by Crippen LogP contribution is 2.35. The summed E-state index contributed by atoms with van der Waals surface area (Å²) in [5.41, 5.74) is 3.64. The molecule has 9 heteroatoms. The minimum absolute atomic E-state index is 0.286. The molecule has 2 unspecified atom stereocenters. The number of rotatable bonds is 4. The van der Waals surface area contributed by atoms with Crippen molar-refractivity contribution in [2.75, 3.05) is 11.3 Å². The molecular weight excluding hydrogens is 401 g/mol. The number of nitrogens with one attached hydrogen (secondary N) is 1. The number of benzene rings is 2. The highest BCUT2D eigenvalue weighted by molar-refractivity contribution is 7.85. The van der Waals surface area contributed by atoms with E-state index in [0.29, 0.717) is 20.4 Å². The summed E-state index contributed by atoms with van der Waals surface area (Å²) in [5.74, 6) is 0. The third kappa shape index (κ3) is 3.95. The number of hydrazine groups is 1. The predicted molar refractivity (Wildman–Crippen MR) is 103 cm³/mol. The van der Waals surface area contributed by atoms with Gasteiger partial charge in [0.25, 0.3) is 0 Å². The maximum atomic E-state index is 12.9. The van der Waals surface area contributed by atoms with Gasteiger partial charge < -0.3 is 0 Å². The molecular formula is C16H13Cl2N3O2S2. The largest absolute Gasteiger partial charge is 0.299 e. The molecule has 1 N–H and O–H groups in total. The van der Waals surface area contributed by atoms with Gasteiger partial charge in [-0.3, -0.25) is 9.63 Å². The summed E-state index contributed by atoms with van der Waals surface area (Å²) in [7, 11) is -2.65. The van der Waals surface area contributed by atoms with Crippen LogP contribution < -0.4 is 10.4 Å². The van der Waals surface area contributed by atoms with Crippen LogP contribution in [0.4, 0.5) is 5.69 Å². The van der Waals surface area contributed by atoms with Gasteiger partial charge in [-0.1, -0.05) is 23.2 Å². The summed E-state index contributed by atoms with van der Waals surface area (Å²) in [4.78, 5) is 5.54. The van der Waals surface area contributed by atoms with Crippen molar-refractivity contribution < 1.29 is 8.42 Å². The summed E-state index contributed by atoms with van der Waals surface area (Å²) in [6.45, 7) is 0. The molecule has 130 valence electrons. The van der Waals surface area contributed by atoms with E-state index in [0.717, 1.165) is 0 Å². The van der Waals surface area contributed by atoms with E-state index in [1.165, 1.54) is 0 Å². The molecule has 2 aromatic carbocycles. The first-order chi connectivity index (χ1) is 12.0. The summed E-state index contributed by atoms with van der Waals surface area (Å²) in [6.07, 6.45) is 6.43. The molecule has 0 fully saturated rings. The quantitative estimate of drug-likeness (QED) is 0.829. The lowest BCUT2D eigenvalue weighted by atomic mass is 10.3. The number of aliphatic imine (C=N–C) groups is 1. The first kappa shape index (κ1) is 18.1. The summed E-state index contributed by atoms with van der Waals surface area (Å²) >= 11 is 12.7. The summed E-state index contributed by atoms with van der Waals surface area (Å²) < 4.78 is 24.3. The number of nitrogens with zero attached hydrogens (tertiary/aromatic N) is 2. The van der Waals surface area contributed by atoms with Crippen molar-refractivity contribution in [1.29, 1.82) is 0 Å². The van der Waals surface area contributed by atoms with E-state index in [1.54, 1.807) is 66.4 Å². The Morgan fingerprint density at radius 2 is 1.64 bits per heavy atom. The molecule has 0 aromatic heterocycles. The van der Waals surface area contributed by atoms with Gasteiger partial charge in [0.05, 0.1) is 31.4 Å². The topological polar surface area (TPSA) is 61.8 Å². The first-order valence-corrected chi connectivity index (χ1v) is 10.5. The Bertz CT molecular complexity index is 891. The molecule has 2 aromatic rings. The summed E-state index contributed by atoms with van der Waals surface area (Å²) in [5, 5.41) is 2.21.